The molecule has 0 aliphatic heterocycles. The maximum atomic E-state index is 10.7. The molecule has 0 aliphatic carbocycles. The van der Waals surface area contributed by atoms with Crippen molar-refractivity contribution in [2.75, 3.05) is 0 Å². The second-order valence-corrected chi connectivity index (χ2v) is 4.78. The molecule has 0 aliphatic rings. The summed E-state index contributed by atoms with van der Waals surface area (Å²) in [7, 11) is 0. The zero-order chi connectivity index (χ0) is 12.3. The summed E-state index contributed by atoms with van der Waals surface area (Å²) in [5.74, 6) is -1.21. The molecule has 0 radical (unpaired) electrons. The molecule has 16 heavy (non-hydrogen) atoms. The van der Waals surface area contributed by atoms with E-state index in [1.54, 1.807) is 6.92 Å². The molecule has 1 atom stereocenters. The molecule has 0 fully saturated rings. The molecule has 0 N–H and O–H groups in total. The zero-order valence-electron chi connectivity index (χ0n) is 9.79. The highest BCUT2D eigenvalue weighted by Crippen LogP contribution is 2.28. The summed E-state index contributed by atoms with van der Waals surface area (Å²) in [5.41, 5.74) is 1.94. The van der Waals surface area contributed by atoms with Gasteiger partial charge in [-0.15, -0.1) is 0 Å². The van der Waals surface area contributed by atoms with Crippen molar-refractivity contribution in [2.24, 2.45) is 5.92 Å². The normalized spacial score (nSPS) is 12.8. The first-order chi connectivity index (χ1) is 7.43. The zero-order valence-corrected chi connectivity index (χ0v) is 10.5. The highest BCUT2D eigenvalue weighted by molar-refractivity contribution is 6.32. The van der Waals surface area contributed by atoms with Crippen LogP contribution in [0.5, 0.6) is 0 Å². The number of hydrogen-bond acceptors (Lipinski definition) is 2. The van der Waals surface area contributed by atoms with Gasteiger partial charge in [0.2, 0.25) is 0 Å². The third-order valence-electron chi connectivity index (χ3n) is 2.66. The summed E-state index contributed by atoms with van der Waals surface area (Å²) in [5, 5.41) is 11.4. The van der Waals surface area contributed by atoms with E-state index in [0.717, 1.165) is 11.1 Å². The van der Waals surface area contributed by atoms with E-state index < -0.39 is 11.9 Å². The molecular formula is C13H16ClO2-. The van der Waals surface area contributed by atoms with E-state index in [1.165, 1.54) is 0 Å². The second kappa shape index (κ2) is 5.35. The molecular weight excluding hydrogens is 224 g/mol. The second-order valence-electron chi connectivity index (χ2n) is 4.40. The number of rotatable bonds is 4. The SMILES string of the molecule is CC(Cc1cccc(C(C)C)c1Cl)C(=O)[O-]. The Balaban J connectivity index is 2.97. The van der Waals surface area contributed by atoms with Gasteiger partial charge >= 0.3 is 0 Å². The minimum Gasteiger partial charge on any atom is -0.550 e. The molecule has 2 nitrogen and oxygen atoms in total. The largest absolute Gasteiger partial charge is 0.550 e. The van der Waals surface area contributed by atoms with Gasteiger partial charge in [0, 0.05) is 11.0 Å². The van der Waals surface area contributed by atoms with Gasteiger partial charge in [-0.05, 0) is 29.4 Å². The molecule has 0 spiro atoms. The molecule has 0 heterocycles. The number of carbonyl (C=O) groups is 1. The third kappa shape index (κ3) is 2.99. The Kier molecular flexibility index (Phi) is 4.36. The van der Waals surface area contributed by atoms with Crippen LogP contribution in [0.1, 0.15) is 37.8 Å². The van der Waals surface area contributed by atoms with Gasteiger partial charge in [0.25, 0.3) is 0 Å². The van der Waals surface area contributed by atoms with Gasteiger partial charge < -0.3 is 9.90 Å². The average molecular weight is 240 g/mol. The molecule has 1 unspecified atom stereocenters. The molecule has 1 rings (SSSR count). The van der Waals surface area contributed by atoms with Crippen LogP contribution in [0.3, 0.4) is 0 Å². The first-order valence-electron chi connectivity index (χ1n) is 5.41. The van der Waals surface area contributed by atoms with Gasteiger partial charge in [-0.25, -0.2) is 0 Å². The van der Waals surface area contributed by atoms with Crippen LogP contribution in [0.15, 0.2) is 18.2 Å². The van der Waals surface area contributed by atoms with Gasteiger partial charge in [-0.2, -0.15) is 0 Å². The van der Waals surface area contributed by atoms with Crippen molar-refractivity contribution in [3.63, 3.8) is 0 Å². The highest BCUT2D eigenvalue weighted by Gasteiger charge is 2.12. The molecule has 0 bridgehead atoms. The van der Waals surface area contributed by atoms with E-state index in [-0.39, 0.29) is 0 Å². The van der Waals surface area contributed by atoms with E-state index in [2.05, 4.69) is 13.8 Å². The third-order valence-corrected chi connectivity index (χ3v) is 3.12. The van der Waals surface area contributed by atoms with Gasteiger partial charge in [0.15, 0.2) is 0 Å². The lowest BCUT2D eigenvalue weighted by Crippen LogP contribution is -2.30. The van der Waals surface area contributed by atoms with E-state index in [0.29, 0.717) is 17.4 Å². The molecule has 3 heteroatoms. The Morgan fingerprint density at radius 3 is 2.50 bits per heavy atom. The Hall–Kier alpha value is -1.02. The molecule has 0 saturated carbocycles. The van der Waals surface area contributed by atoms with E-state index in [1.807, 2.05) is 18.2 Å². The number of carboxylic acids is 1. The van der Waals surface area contributed by atoms with Gasteiger partial charge in [-0.3, -0.25) is 0 Å². The molecule has 0 saturated heterocycles. The lowest BCUT2D eigenvalue weighted by Gasteiger charge is -2.16. The Morgan fingerprint density at radius 1 is 1.38 bits per heavy atom. The summed E-state index contributed by atoms with van der Waals surface area (Å²) in [4.78, 5) is 10.7. The van der Waals surface area contributed by atoms with E-state index >= 15 is 0 Å². The van der Waals surface area contributed by atoms with Crippen molar-refractivity contribution in [3.8, 4) is 0 Å². The van der Waals surface area contributed by atoms with Crippen LogP contribution in [-0.4, -0.2) is 5.97 Å². The molecule has 88 valence electrons. The molecule has 0 aromatic heterocycles. The Bertz CT molecular complexity index is 386. The van der Waals surface area contributed by atoms with Crippen molar-refractivity contribution in [3.05, 3.63) is 34.3 Å². The van der Waals surface area contributed by atoms with E-state index in [4.69, 9.17) is 11.6 Å². The summed E-state index contributed by atoms with van der Waals surface area (Å²) < 4.78 is 0. The summed E-state index contributed by atoms with van der Waals surface area (Å²) in [6.45, 7) is 5.76. The minimum atomic E-state index is -1.04. The van der Waals surface area contributed by atoms with Crippen molar-refractivity contribution in [2.45, 2.75) is 33.1 Å². The fourth-order valence-electron chi connectivity index (χ4n) is 1.62. The number of aliphatic carboxylic acids is 1. The number of hydrogen-bond donors (Lipinski definition) is 0. The first-order valence-corrected chi connectivity index (χ1v) is 5.79. The first kappa shape index (κ1) is 13.0. The quantitative estimate of drug-likeness (QED) is 0.810. The van der Waals surface area contributed by atoms with Crippen molar-refractivity contribution >= 4 is 17.6 Å². The predicted molar refractivity (Wildman–Crippen MR) is 63.4 cm³/mol. The Labute approximate surface area is 101 Å². The monoisotopic (exact) mass is 239 g/mol. The summed E-state index contributed by atoms with van der Waals surface area (Å²) in [6.07, 6.45) is 0.418. The van der Waals surface area contributed by atoms with Gasteiger partial charge in [0.1, 0.15) is 0 Å². The van der Waals surface area contributed by atoms with Crippen LogP contribution >= 0.6 is 11.6 Å². The van der Waals surface area contributed by atoms with Crippen LogP contribution in [0.4, 0.5) is 0 Å². The molecule has 1 aromatic rings. The van der Waals surface area contributed by atoms with Crippen LogP contribution < -0.4 is 5.11 Å². The van der Waals surface area contributed by atoms with E-state index in [9.17, 15) is 9.90 Å². The van der Waals surface area contributed by atoms with Crippen LogP contribution in [-0.2, 0) is 11.2 Å². The lowest BCUT2D eigenvalue weighted by atomic mass is 9.95. The predicted octanol–water partition coefficient (Wildman–Crippen LogP) is 2.39. The Morgan fingerprint density at radius 2 is 2.00 bits per heavy atom. The van der Waals surface area contributed by atoms with Crippen LogP contribution in [0, 0.1) is 5.92 Å². The van der Waals surface area contributed by atoms with Crippen LogP contribution in [0.2, 0.25) is 5.02 Å². The number of carboxylic acid groups (broad SMARTS) is 1. The van der Waals surface area contributed by atoms with Gasteiger partial charge in [-0.1, -0.05) is 50.6 Å². The molecule has 0 amide bonds. The van der Waals surface area contributed by atoms with Crippen molar-refractivity contribution in [1.29, 1.82) is 0 Å². The summed E-state index contributed by atoms with van der Waals surface area (Å²) >= 11 is 6.24. The maximum absolute atomic E-state index is 10.7. The fraction of sp³-hybridized carbons (Fsp3) is 0.462. The topological polar surface area (TPSA) is 40.1 Å². The maximum Gasteiger partial charge on any atom is 0.0472 e. The minimum absolute atomic E-state index is 0.339. The molecule has 1 aromatic carbocycles. The highest BCUT2D eigenvalue weighted by atomic mass is 35.5. The fourth-order valence-corrected chi connectivity index (χ4v) is 2.04. The smallest absolute Gasteiger partial charge is 0.0472 e. The average Bonchev–Trinajstić information content (AvgIpc) is 2.20. The van der Waals surface area contributed by atoms with Crippen LogP contribution in [0.25, 0.3) is 0 Å². The number of halogens is 1. The van der Waals surface area contributed by atoms with Crippen molar-refractivity contribution < 1.29 is 9.90 Å². The number of benzene rings is 1. The van der Waals surface area contributed by atoms with Gasteiger partial charge in [0.05, 0.1) is 0 Å². The lowest BCUT2D eigenvalue weighted by molar-refractivity contribution is -0.310. The van der Waals surface area contributed by atoms with Crippen molar-refractivity contribution in [1.82, 2.24) is 0 Å². The standard InChI is InChI=1S/C13H17ClO2/c1-8(2)11-6-4-5-10(12(11)14)7-9(3)13(15)16/h4-6,8-9H,7H2,1-3H3,(H,15,16)/p-1. The summed E-state index contributed by atoms with van der Waals surface area (Å²) in [6, 6.07) is 5.76. The number of carbonyl (C=O) groups excluding carboxylic acids is 1.